The third-order valence-corrected chi connectivity index (χ3v) is 7.16. The van der Waals surface area contributed by atoms with Crippen LogP contribution in [0.3, 0.4) is 0 Å². The highest BCUT2D eigenvalue weighted by Crippen LogP contribution is 2.54. The number of carboxylic acids is 1. The number of benzene rings is 1. The van der Waals surface area contributed by atoms with Crippen molar-refractivity contribution in [2.45, 2.75) is 23.8 Å². The number of nitrogens with zero attached hydrogens (tertiary/aromatic N) is 2. The van der Waals surface area contributed by atoms with Gasteiger partial charge in [-0.1, -0.05) is 6.07 Å². The zero-order chi connectivity index (χ0) is 18.5. The van der Waals surface area contributed by atoms with E-state index in [-0.39, 0.29) is 35.6 Å². The van der Waals surface area contributed by atoms with Crippen LogP contribution in [0.1, 0.15) is 23.2 Å². The van der Waals surface area contributed by atoms with Crippen molar-refractivity contribution in [3.63, 3.8) is 0 Å². The molecule has 0 aromatic heterocycles. The monoisotopic (exact) mass is 380 g/mol. The van der Waals surface area contributed by atoms with E-state index in [4.69, 9.17) is 4.74 Å². The van der Waals surface area contributed by atoms with Crippen LogP contribution in [0, 0.1) is 5.41 Å². The van der Waals surface area contributed by atoms with Crippen molar-refractivity contribution >= 4 is 21.9 Å². The highest BCUT2D eigenvalue weighted by atomic mass is 32.2. The molecule has 3 aliphatic rings. The fourth-order valence-corrected chi connectivity index (χ4v) is 5.23. The van der Waals surface area contributed by atoms with Gasteiger partial charge in [0.25, 0.3) is 5.91 Å². The second-order valence-electron chi connectivity index (χ2n) is 7.23. The Bertz CT molecular complexity index is 856. The number of rotatable bonds is 4. The summed E-state index contributed by atoms with van der Waals surface area (Å²) in [5.74, 6) is -1.64. The molecule has 9 heteroatoms. The first-order valence-electron chi connectivity index (χ1n) is 8.54. The van der Waals surface area contributed by atoms with Gasteiger partial charge < -0.3 is 14.7 Å². The smallest absolute Gasteiger partial charge is 0.328 e. The van der Waals surface area contributed by atoms with Crippen LogP contribution in [0.25, 0.3) is 0 Å². The Kier molecular flexibility index (Phi) is 4.05. The quantitative estimate of drug-likeness (QED) is 0.811. The number of carbonyl (C=O) groups is 2. The number of aliphatic carboxylic acids is 1. The predicted octanol–water partition coefficient (Wildman–Crippen LogP) is 0.397. The van der Waals surface area contributed by atoms with Gasteiger partial charge in [-0.2, -0.15) is 4.31 Å². The van der Waals surface area contributed by atoms with Crippen molar-refractivity contribution in [1.29, 1.82) is 0 Å². The molecule has 1 atom stereocenters. The van der Waals surface area contributed by atoms with Gasteiger partial charge in [0.1, 0.15) is 0 Å². The number of carboxylic acid groups (broad SMARTS) is 1. The molecule has 26 heavy (non-hydrogen) atoms. The maximum absolute atomic E-state index is 12.8. The summed E-state index contributed by atoms with van der Waals surface area (Å²) in [6.07, 6.45) is 2.15. The lowest BCUT2D eigenvalue weighted by molar-refractivity contribution is -0.147. The second kappa shape index (κ2) is 6.04. The fraction of sp³-hybridized carbons (Fsp3) is 0.529. The Morgan fingerprint density at radius 3 is 2.62 bits per heavy atom. The van der Waals surface area contributed by atoms with Gasteiger partial charge in [-0.3, -0.25) is 4.79 Å². The van der Waals surface area contributed by atoms with Gasteiger partial charge in [0, 0.05) is 25.2 Å². The van der Waals surface area contributed by atoms with Gasteiger partial charge in [-0.05, 0) is 36.5 Å². The normalized spacial score (nSPS) is 24.9. The summed E-state index contributed by atoms with van der Waals surface area (Å²) in [5.41, 5.74) is 0.365. The topological polar surface area (TPSA) is 104 Å². The zero-order valence-electron chi connectivity index (χ0n) is 14.1. The third-order valence-electron chi connectivity index (χ3n) is 5.37. The van der Waals surface area contributed by atoms with E-state index in [2.05, 4.69) is 0 Å². The summed E-state index contributed by atoms with van der Waals surface area (Å²) in [5, 5.41) is 9.28. The van der Waals surface area contributed by atoms with Crippen LogP contribution >= 0.6 is 0 Å². The summed E-state index contributed by atoms with van der Waals surface area (Å²) in [6.45, 7) is 1.41. The molecule has 2 aliphatic heterocycles. The molecule has 2 heterocycles. The van der Waals surface area contributed by atoms with Crippen LogP contribution in [0.15, 0.2) is 29.2 Å². The lowest BCUT2D eigenvalue weighted by Gasteiger charge is -2.38. The van der Waals surface area contributed by atoms with Crippen LogP contribution in [-0.2, 0) is 19.6 Å². The van der Waals surface area contributed by atoms with Crippen molar-refractivity contribution in [3.05, 3.63) is 29.8 Å². The highest BCUT2D eigenvalue weighted by Gasteiger charge is 2.55. The largest absolute Gasteiger partial charge is 0.480 e. The van der Waals surface area contributed by atoms with Crippen LogP contribution < -0.4 is 0 Å². The molecular weight excluding hydrogens is 360 g/mol. The maximum Gasteiger partial charge on any atom is 0.328 e. The SMILES string of the molecule is O=C(O)C1COCCN1C(=O)c1cccc(S(=O)(=O)N2CC3(CC3)C2)c1. The summed E-state index contributed by atoms with van der Waals surface area (Å²) in [6, 6.07) is 4.76. The van der Waals surface area contributed by atoms with Crippen molar-refractivity contribution in [2.24, 2.45) is 5.41 Å². The molecule has 1 unspecified atom stereocenters. The Labute approximate surface area is 151 Å². The average Bonchev–Trinajstić information content (AvgIpc) is 3.41. The van der Waals surface area contributed by atoms with E-state index in [0.717, 1.165) is 12.8 Å². The van der Waals surface area contributed by atoms with Crippen molar-refractivity contribution in [1.82, 2.24) is 9.21 Å². The predicted molar refractivity (Wildman–Crippen MR) is 90.1 cm³/mol. The third kappa shape index (κ3) is 2.89. The van der Waals surface area contributed by atoms with Crippen LogP contribution in [-0.4, -0.2) is 73.5 Å². The molecule has 140 valence electrons. The second-order valence-corrected chi connectivity index (χ2v) is 9.17. The van der Waals surface area contributed by atoms with Gasteiger partial charge in [0.05, 0.1) is 18.1 Å². The first-order chi connectivity index (χ1) is 12.3. The molecule has 1 N–H and O–H groups in total. The number of sulfonamides is 1. The van der Waals surface area contributed by atoms with Crippen LogP contribution in [0.2, 0.25) is 0 Å². The first-order valence-corrected chi connectivity index (χ1v) is 9.98. The lowest BCUT2D eigenvalue weighted by Crippen LogP contribution is -2.52. The standard InChI is InChI=1S/C17H20N2O6S/c20-15(19-6-7-25-9-14(19)16(21)22)12-2-1-3-13(8-12)26(23,24)18-10-17(11-18)4-5-17/h1-3,8,14H,4-7,9-11H2,(H,21,22). The van der Waals surface area contributed by atoms with E-state index >= 15 is 0 Å². The summed E-state index contributed by atoms with van der Waals surface area (Å²) in [4.78, 5) is 25.4. The van der Waals surface area contributed by atoms with Crippen molar-refractivity contribution in [3.8, 4) is 0 Å². The Morgan fingerprint density at radius 2 is 1.96 bits per heavy atom. The zero-order valence-corrected chi connectivity index (χ0v) is 14.9. The Morgan fingerprint density at radius 1 is 1.23 bits per heavy atom. The van der Waals surface area contributed by atoms with Gasteiger partial charge >= 0.3 is 5.97 Å². The van der Waals surface area contributed by atoms with Crippen LogP contribution in [0.5, 0.6) is 0 Å². The molecule has 3 fully saturated rings. The first kappa shape index (κ1) is 17.4. The molecule has 1 saturated carbocycles. The molecule has 4 rings (SSSR count). The summed E-state index contributed by atoms with van der Waals surface area (Å²) < 4.78 is 32.1. The molecule has 2 saturated heterocycles. The van der Waals surface area contributed by atoms with Crippen molar-refractivity contribution in [2.75, 3.05) is 32.8 Å². The van der Waals surface area contributed by atoms with Gasteiger partial charge in [0.15, 0.2) is 6.04 Å². The van der Waals surface area contributed by atoms with Gasteiger partial charge in [0.2, 0.25) is 10.0 Å². The molecule has 1 aromatic carbocycles. The fourth-order valence-electron chi connectivity index (χ4n) is 3.52. The van der Waals surface area contributed by atoms with E-state index in [1.165, 1.54) is 33.5 Å². The maximum atomic E-state index is 12.8. The van der Waals surface area contributed by atoms with E-state index in [1.807, 2.05) is 0 Å². The number of amides is 1. The molecule has 0 bridgehead atoms. The Hall–Kier alpha value is -1.97. The molecule has 1 aromatic rings. The van der Waals surface area contributed by atoms with Crippen molar-refractivity contribution < 1.29 is 27.9 Å². The number of ether oxygens (including phenoxy) is 1. The lowest BCUT2D eigenvalue weighted by atomic mass is 10.0. The number of carbonyl (C=O) groups excluding carboxylic acids is 1. The molecule has 1 aliphatic carbocycles. The van der Waals surface area contributed by atoms with E-state index in [0.29, 0.717) is 13.1 Å². The van der Waals surface area contributed by atoms with E-state index < -0.39 is 27.9 Å². The number of hydrogen-bond acceptors (Lipinski definition) is 5. The summed E-state index contributed by atoms with van der Waals surface area (Å²) >= 11 is 0. The van der Waals surface area contributed by atoms with Gasteiger partial charge in [-0.25, -0.2) is 13.2 Å². The Balaban J connectivity index is 1.57. The average molecular weight is 380 g/mol. The number of morpholine rings is 1. The van der Waals surface area contributed by atoms with Gasteiger partial charge in [-0.15, -0.1) is 0 Å². The minimum Gasteiger partial charge on any atom is -0.480 e. The molecule has 1 spiro atoms. The molecule has 8 nitrogen and oxygen atoms in total. The molecular formula is C17H20N2O6S. The molecule has 1 amide bonds. The highest BCUT2D eigenvalue weighted by molar-refractivity contribution is 7.89. The number of hydrogen-bond donors (Lipinski definition) is 1. The summed E-state index contributed by atoms with van der Waals surface area (Å²) in [7, 11) is -3.63. The minimum absolute atomic E-state index is 0.0685. The van der Waals surface area contributed by atoms with E-state index in [1.54, 1.807) is 0 Å². The minimum atomic E-state index is -3.63. The molecule has 0 radical (unpaired) electrons. The van der Waals surface area contributed by atoms with E-state index in [9.17, 15) is 23.1 Å². The van der Waals surface area contributed by atoms with Crippen LogP contribution in [0.4, 0.5) is 0 Å².